The van der Waals surface area contributed by atoms with Gasteiger partial charge in [0, 0.05) is 43.2 Å². The van der Waals surface area contributed by atoms with Gasteiger partial charge in [-0.3, -0.25) is 4.79 Å². The van der Waals surface area contributed by atoms with Crippen LogP contribution in [0.2, 0.25) is 5.02 Å². The van der Waals surface area contributed by atoms with Crippen molar-refractivity contribution in [2.24, 2.45) is 0 Å². The first kappa shape index (κ1) is 27.3. The highest BCUT2D eigenvalue weighted by Crippen LogP contribution is 2.32. The number of amides is 3. The van der Waals surface area contributed by atoms with Gasteiger partial charge in [0.1, 0.15) is 11.6 Å². The number of hydrogen-bond donors (Lipinski definition) is 1. The molecule has 4 aromatic rings. The summed E-state index contributed by atoms with van der Waals surface area (Å²) in [6, 6.07) is 21.6. The molecule has 0 unspecified atom stereocenters. The fraction of sp³-hybridized carbons (Fsp3) is 0.226. The number of carbonyl (C=O) groups excluding carboxylic acids is 2. The second kappa shape index (κ2) is 11.4. The summed E-state index contributed by atoms with van der Waals surface area (Å²) >= 11 is 5.83. The van der Waals surface area contributed by atoms with Crippen LogP contribution in [-0.2, 0) is 0 Å². The van der Waals surface area contributed by atoms with Gasteiger partial charge in [-0.15, -0.1) is 0 Å². The van der Waals surface area contributed by atoms with Crippen LogP contribution in [0.4, 0.5) is 14.9 Å². The largest absolute Gasteiger partial charge is 0.497 e. The Bertz CT molecular complexity index is 1540. The molecule has 0 saturated carbocycles. The van der Waals surface area contributed by atoms with Crippen molar-refractivity contribution < 1.29 is 18.7 Å². The monoisotopic (exact) mass is 560 g/mol. The van der Waals surface area contributed by atoms with Crippen molar-refractivity contribution >= 4 is 29.2 Å². The molecule has 0 bridgehead atoms. The average Bonchev–Trinajstić information content (AvgIpc) is 3.32. The molecule has 2 heterocycles. The van der Waals surface area contributed by atoms with Crippen molar-refractivity contribution in [3.05, 3.63) is 100 Å². The van der Waals surface area contributed by atoms with Crippen LogP contribution in [0.3, 0.4) is 0 Å². The molecule has 1 aliphatic rings. The summed E-state index contributed by atoms with van der Waals surface area (Å²) in [5, 5.41) is 2.68. The third kappa shape index (κ3) is 5.53. The van der Waals surface area contributed by atoms with Crippen LogP contribution in [0.15, 0.2) is 72.8 Å². The quantitative estimate of drug-likeness (QED) is 0.301. The Labute approximate surface area is 237 Å². The van der Waals surface area contributed by atoms with E-state index in [-0.39, 0.29) is 17.0 Å². The van der Waals surface area contributed by atoms with Crippen LogP contribution in [0.1, 0.15) is 21.6 Å². The van der Waals surface area contributed by atoms with Gasteiger partial charge < -0.3 is 24.4 Å². The molecular weight excluding hydrogens is 531 g/mol. The van der Waals surface area contributed by atoms with E-state index in [1.165, 1.54) is 18.2 Å². The van der Waals surface area contributed by atoms with Crippen molar-refractivity contribution in [1.82, 2.24) is 14.4 Å². The molecule has 5 rings (SSSR count). The van der Waals surface area contributed by atoms with Crippen molar-refractivity contribution in [3.63, 3.8) is 0 Å². The zero-order valence-corrected chi connectivity index (χ0v) is 23.3. The lowest BCUT2D eigenvalue weighted by molar-refractivity contribution is 0.0671. The predicted molar refractivity (Wildman–Crippen MR) is 155 cm³/mol. The van der Waals surface area contributed by atoms with Crippen molar-refractivity contribution in [1.29, 1.82) is 0 Å². The van der Waals surface area contributed by atoms with Gasteiger partial charge in [0.15, 0.2) is 0 Å². The molecule has 3 aromatic carbocycles. The number of hydrogen-bond acceptors (Lipinski definition) is 3. The summed E-state index contributed by atoms with van der Waals surface area (Å²) in [5.41, 5.74) is 5.86. The molecule has 0 radical (unpaired) electrons. The van der Waals surface area contributed by atoms with Gasteiger partial charge in [-0.1, -0.05) is 29.3 Å². The summed E-state index contributed by atoms with van der Waals surface area (Å²) in [4.78, 5) is 29.9. The Morgan fingerprint density at radius 1 is 0.875 bits per heavy atom. The number of halogens is 2. The molecule has 1 aliphatic heterocycles. The van der Waals surface area contributed by atoms with E-state index < -0.39 is 5.82 Å². The number of ether oxygens (including phenoxy) is 1. The number of benzene rings is 3. The number of methoxy groups -OCH3 is 1. The number of aromatic nitrogens is 1. The Morgan fingerprint density at radius 2 is 1.52 bits per heavy atom. The number of carbonyl (C=O) groups is 2. The predicted octanol–water partition coefficient (Wildman–Crippen LogP) is 6.55. The number of urea groups is 1. The molecule has 0 spiro atoms. The van der Waals surface area contributed by atoms with Gasteiger partial charge >= 0.3 is 6.03 Å². The zero-order chi connectivity index (χ0) is 28.4. The van der Waals surface area contributed by atoms with E-state index in [1.807, 2.05) is 44.2 Å². The van der Waals surface area contributed by atoms with E-state index in [9.17, 15) is 14.0 Å². The zero-order valence-electron chi connectivity index (χ0n) is 22.6. The fourth-order valence-electron chi connectivity index (χ4n) is 4.88. The van der Waals surface area contributed by atoms with Crippen LogP contribution in [0.5, 0.6) is 5.75 Å². The molecule has 0 atom stereocenters. The van der Waals surface area contributed by atoms with Crippen LogP contribution in [0.25, 0.3) is 16.9 Å². The first-order valence-electron chi connectivity index (χ1n) is 13.0. The number of piperazine rings is 1. The fourth-order valence-corrected chi connectivity index (χ4v) is 5.06. The third-order valence-corrected chi connectivity index (χ3v) is 7.47. The third-order valence-electron chi connectivity index (χ3n) is 7.18. The minimum absolute atomic E-state index is 0.0600. The lowest BCUT2D eigenvalue weighted by Crippen LogP contribution is -2.51. The SMILES string of the molecule is COc1ccc(-c2cc(C(=O)N3CCN(C(=O)Nc4ccc(F)c(Cl)c4)CC3)c(C)n2-c2ccc(C)cc2)cc1. The number of rotatable bonds is 5. The Kier molecular flexibility index (Phi) is 7.80. The summed E-state index contributed by atoms with van der Waals surface area (Å²) in [5.74, 6) is 0.131. The Balaban J connectivity index is 1.36. The standard InChI is InChI=1S/C31H30ClFN4O3/c1-20-4-9-24(10-5-20)37-21(2)26(19-29(37)22-6-11-25(40-3)12-7-22)30(38)35-14-16-36(17-15-35)31(39)34-23-8-13-28(33)27(32)18-23/h4-13,18-19H,14-17H2,1-3H3,(H,34,39). The minimum atomic E-state index is -0.548. The van der Waals surface area contributed by atoms with Gasteiger partial charge in [-0.2, -0.15) is 0 Å². The van der Waals surface area contributed by atoms with Crippen LogP contribution in [0, 0.1) is 19.7 Å². The van der Waals surface area contributed by atoms with E-state index in [0.29, 0.717) is 37.4 Å². The van der Waals surface area contributed by atoms with E-state index in [4.69, 9.17) is 16.3 Å². The van der Waals surface area contributed by atoms with Crippen molar-refractivity contribution in [3.8, 4) is 22.7 Å². The smallest absolute Gasteiger partial charge is 0.321 e. The second-order valence-electron chi connectivity index (χ2n) is 9.77. The first-order chi connectivity index (χ1) is 19.2. The van der Waals surface area contributed by atoms with Crippen LogP contribution < -0.4 is 10.1 Å². The number of nitrogens with one attached hydrogen (secondary N) is 1. The number of aryl methyl sites for hydroxylation is 1. The maximum absolute atomic E-state index is 13.8. The Morgan fingerprint density at radius 3 is 2.15 bits per heavy atom. The van der Waals surface area contributed by atoms with Gasteiger partial charge in [-0.05, 0) is 80.1 Å². The van der Waals surface area contributed by atoms with E-state index in [1.54, 1.807) is 16.9 Å². The highest BCUT2D eigenvalue weighted by Gasteiger charge is 2.28. The topological polar surface area (TPSA) is 66.8 Å². The van der Waals surface area contributed by atoms with Crippen molar-refractivity contribution in [2.75, 3.05) is 38.6 Å². The number of nitrogens with zero attached hydrogens (tertiary/aromatic N) is 3. The molecule has 3 amide bonds. The minimum Gasteiger partial charge on any atom is -0.497 e. The van der Waals surface area contributed by atoms with Gasteiger partial charge in [-0.25, -0.2) is 9.18 Å². The van der Waals surface area contributed by atoms with Crippen molar-refractivity contribution in [2.45, 2.75) is 13.8 Å². The van der Waals surface area contributed by atoms with Gasteiger partial charge in [0.2, 0.25) is 0 Å². The summed E-state index contributed by atoms with van der Waals surface area (Å²) < 4.78 is 20.9. The molecule has 7 nitrogen and oxygen atoms in total. The summed E-state index contributed by atoms with van der Waals surface area (Å²) in [7, 11) is 1.63. The maximum atomic E-state index is 13.8. The molecule has 9 heteroatoms. The average molecular weight is 561 g/mol. The molecule has 40 heavy (non-hydrogen) atoms. The van der Waals surface area contributed by atoms with Crippen LogP contribution in [-0.4, -0.2) is 59.6 Å². The van der Waals surface area contributed by atoms with Gasteiger partial charge in [0.25, 0.3) is 5.91 Å². The first-order valence-corrected chi connectivity index (χ1v) is 13.4. The van der Waals surface area contributed by atoms with E-state index >= 15 is 0 Å². The second-order valence-corrected chi connectivity index (χ2v) is 10.2. The van der Waals surface area contributed by atoms with Gasteiger partial charge in [0.05, 0.1) is 23.4 Å². The highest BCUT2D eigenvalue weighted by molar-refractivity contribution is 6.31. The highest BCUT2D eigenvalue weighted by atomic mass is 35.5. The molecule has 1 aromatic heterocycles. The molecule has 206 valence electrons. The number of anilines is 1. The Hall–Kier alpha value is -4.30. The van der Waals surface area contributed by atoms with Crippen LogP contribution >= 0.6 is 11.6 Å². The lowest BCUT2D eigenvalue weighted by Gasteiger charge is -2.34. The summed E-state index contributed by atoms with van der Waals surface area (Å²) in [6.45, 7) is 5.52. The van der Waals surface area contributed by atoms with E-state index in [2.05, 4.69) is 34.1 Å². The molecule has 1 N–H and O–H groups in total. The molecule has 0 aliphatic carbocycles. The lowest BCUT2D eigenvalue weighted by atomic mass is 10.1. The summed E-state index contributed by atoms with van der Waals surface area (Å²) in [6.07, 6.45) is 0. The van der Waals surface area contributed by atoms with E-state index in [0.717, 1.165) is 34.0 Å². The normalized spacial score (nSPS) is 13.3. The molecular formula is C31H30ClFN4O3. The molecule has 1 saturated heterocycles. The maximum Gasteiger partial charge on any atom is 0.321 e. The molecule has 1 fully saturated rings.